The van der Waals surface area contributed by atoms with E-state index in [0.29, 0.717) is 36.0 Å². The molecule has 160 valence electrons. The molecule has 7 heteroatoms. The van der Waals surface area contributed by atoms with E-state index >= 15 is 0 Å². The molecule has 1 aliphatic rings. The summed E-state index contributed by atoms with van der Waals surface area (Å²) in [6.07, 6.45) is 0. The molecule has 0 N–H and O–H groups in total. The van der Waals surface area contributed by atoms with Gasteiger partial charge in [0.15, 0.2) is 12.4 Å². The fourth-order valence-electron chi connectivity index (χ4n) is 3.72. The smallest absolute Gasteiger partial charge is 0.260 e. The van der Waals surface area contributed by atoms with Crippen molar-refractivity contribution in [2.45, 2.75) is 39.4 Å². The Balaban J connectivity index is 1.60. The van der Waals surface area contributed by atoms with Crippen LogP contribution in [0.15, 0.2) is 42.5 Å². The van der Waals surface area contributed by atoms with E-state index in [9.17, 15) is 14.0 Å². The normalized spacial score (nSPS) is 19.6. The standard InChI is InChI=1S/C23H26ClFN2O3/c1-15-12-27(16(2)11-26(15)13-18-4-7-20(25)8-5-18)23(29)14-30-22-9-6-19(24)10-21(22)17(3)28/h4-10,15-16H,11-14H2,1-3H3/t15-,16+/m1/s1. The van der Waals surface area contributed by atoms with E-state index in [1.807, 2.05) is 11.8 Å². The number of rotatable bonds is 6. The van der Waals surface area contributed by atoms with Crippen LogP contribution in [0.4, 0.5) is 4.39 Å². The summed E-state index contributed by atoms with van der Waals surface area (Å²) in [7, 11) is 0. The maximum atomic E-state index is 13.1. The molecule has 1 fully saturated rings. The third kappa shape index (κ3) is 5.37. The fraction of sp³-hybridized carbons (Fsp3) is 0.391. The fourth-order valence-corrected chi connectivity index (χ4v) is 3.89. The average molecular weight is 433 g/mol. The molecule has 1 aliphatic heterocycles. The molecule has 2 atom stereocenters. The van der Waals surface area contributed by atoms with Crippen molar-refractivity contribution >= 4 is 23.3 Å². The molecule has 0 radical (unpaired) electrons. The zero-order chi connectivity index (χ0) is 21.8. The van der Waals surface area contributed by atoms with Gasteiger partial charge in [0.25, 0.3) is 5.91 Å². The van der Waals surface area contributed by atoms with Gasteiger partial charge in [0.05, 0.1) is 5.56 Å². The predicted octanol–water partition coefficient (Wildman–Crippen LogP) is 4.18. The van der Waals surface area contributed by atoms with E-state index in [-0.39, 0.29) is 36.2 Å². The first-order valence-electron chi connectivity index (χ1n) is 9.96. The van der Waals surface area contributed by atoms with E-state index in [1.165, 1.54) is 19.1 Å². The Morgan fingerprint density at radius 3 is 2.47 bits per heavy atom. The molecule has 2 aromatic carbocycles. The van der Waals surface area contributed by atoms with Gasteiger partial charge in [-0.05, 0) is 56.7 Å². The number of amides is 1. The van der Waals surface area contributed by atoms with Gasteiger partial charge in [-0.3, -0.25) is 14.5 Å². The number of nitrogens with zero attached hydrogens (tertiary/aromatic N) is 2. The monoisotopic (exact) mass is 432 g/mol. The Bertz CT molecular complexity index is 919. The van der Waals surface area contributed by atoms with Crippen molar-refractivity contribution in [1.29, 1.82) is 0 Å². The van der Waals surface area contributed by atoms with Gasteiger partial charge in [-0.15, -0.1) is 0 Å². The molecule has 0 spiro atoms. The zero-order valence-corrected chi connectivity index (χ0v) is 18.2. The van der Waals surface area contributed by atoms with Crippen LogP contribution >= 0.6 is 11.6 Å². The molecule has 3 rings (SSSR count). The predicted molar refractivity (Wildman–Crippen MR) is 114 cm³/mol. The Kier molecular flexibility index (Phi) is 7.10. The van der Waals surface area contributed by atoms with Gasteiger partial charge in [0, 0.05) is 36.7 Å². The van der Waals surface area contributed by atoms with Gasteiger partial charge in [0.1, 0.15) is 11.6 Å². The molecule has 1 amide bonds. The molecule has 1 heterocycles. The summed E-state index contributed by atoms with van der Waals surface area (Å²) < 4.78 is 18.8. The molecule has 5 nitrogen and oxygen atoms in total. The van der Waals surface area contributed by atoms with Crippen molar-refractivity contribution in [3.63, 3.8) is 0 Å². The lowest BCUT2D eigenvalue weighted by Crippen LogP contribution is -2.58. The largest absolute Gasteiger partial charge is 0.483 e. The third-order valence-corrected chi connectivity index (χ3v) is 5.64. The van der Waals surface area contributed by atoms with E-state index in [1.54, 1.807) is 30.3 Å². The highest BCUT2D eigenvalue weighted by molar-refractivity contribution is 6.31. The lowest BCUT2D eigenvalue weighted by Gasteiger charge is -2.44. The number of halogens is 2. The molecule has 2 aromatic rings. The molecule has 0 saturated carbocycles. The third-order valence-electron chi connectivity index (χ3n) is 5.41. The van der Waals surface area contributed by atoms with Gasteiger partial charge < -0.3 is 9.64 Å². The minimum absolute atomic E-state index is 0.00948. The van der Waals surface area contributed by atoms with Gasteiger partial charge in [-0.2, -0.15) is 0 Å². The van der Waals surface area contributed by atoms with Crippen molar-refractivity contribution in [3.05, 3.63) is 64.4 Å². The number of carbonyl (C=O) groups is 2. The van der Waals surface area contributed by atoms with Crippen molar-refractivity contribution in [2.24, 2.45) is 0 Å². The van der Waals surface area contributed by atoms with Crippen LogP contribution in [0, 0.1) is 5.82 Å². The molecule has 30 heavy (non-hydrogen) atoms. The van der Waals surface area contributed by atoms with Gasteiger partial charge in [-0.25, -0.2) is 4.39 Å². The minimum Gasteiger partial charge on any atom is -0.483 e. The molecule has 0 aromatic heterocycles. The van der Waals surface area contributed by atoms with Crippen LogP contribution in [0.3, 0.4) is 0 Å². The lowest BCUT2D eigenvalue weighted by molar-refractivity contribution is -0.139. The second-order valence-corrected chi connectivity index (χ2v) is 8.22. The number of carbonyl (C=O) groups excluding carboxylic acids is 2. The number of Topliss-reactive ketones (excluding diaryl/α,β-unsaturated/α-hetero) is 1. The Hall–Kier alpha value is -2.44. The van der Waals surface area contributed by atoms with Crippen molar-refractivity contribution in [2.75, 3.05) is 19.7 Å². The molecule has 1 saturated heterocycles. The lowest BCUT2D eigenvalue weighted by atomic mass is 10.1. The zero-order valence-electron chi connectivity index (χ0n) is 17.4. The maximum absolute atomic E-state index is 13.1. The van der Waals surface area contributed by atoms with Gasteiger partial charge in [-0.1, -0.05) is 23.7 Å². The van der Waals surface area contributed by atoms with Crippen LogP contribution in [-0.2, 0) is 11.3 Å². The van der Waals surface area contributed by atoms with Crippen molar-refractivity contribution < 1.29 is 18.7 Å². The number of benzene rings is 2. The van der Waals surface area contributed by atoms with Crippen LogP contribution in [0.5, 0.6) is 5.75 Å². The van der Waals surface area contributed by atoms with E-state index in [2.05, 4.69) is 11.8 Å². The molecular formula is C23H26ClFN2O3. The van der Waals surface area contributed by atoms with E-state index in [0.717, 1.165) is 5.56 Å². The maximum Gasteiger partial charge on any atom is 0.260 e. The number of hydrogen-bond donors (Lipinski definition) is 0. The first-order valence-corrected chi connectivity index (χ1v) is 10.3. The number of piperazine rings is 1. The van der Waals surface area contributed by atoms with Crippen LogP contribution < -0.4 is 4.74 Å². The number of ether oxygens (including phenoxy) is 1. The number of hydrogen-bond acceptors (Lipinski definition) is 4. The first-order chi connectivity index (χ1) is 14.2. The van der Waals surface area contributed by atoms with Crippen LogP contribution in [0.1, 0.15) is 36.7 Å². The molecule has 0 unspecified atom stereocenters. The summed E-state index contributed by atoms with van der Waals surface area (Å²) in [4.78, 5) is 28.7. The van der Waals surface area contributed by atoms with Crippen LogP contribution in [-0.4, -0.2) is 53.3 Å². The molecule has 0 bridgehead atoms. The second-order valence-electron chi connectivity index (χ2n) is 7.79. The van der Waals surface area contributed by atoms with Crippen LogP contribution in [0.2, 0.25) is 5.02 Å². The Morgan fingerprint density at radius 1 is 1.10 bits per heavy atom. The number of ketones is 1. The molecular weight excluding hydrogens is 407 g/mol. The highest BCUT2D eigenvalue weighted by Gasteiger charge is 2.32. The highest BCUT2D eigenvalue weighted by atomic mass is 35.5. The van der Waals surface area contributed by atoms with Crippen LogP contribution in [0.25, 0.3) is 0 Å². The van der Waals surface area contributed by atoms with Gasteiger partial charge >= 0.3 is 0 Å². The topological polar surface area (TPSA) is 49.9 Å². The summed E-state index contributed by atoms with van der Waals surface area (Å²) in [6.45, 7) is 7.36. The second kappa shape index (κ2) is 9.58. The summed E-state index contributed by atoms with van der Waals surface area (Å²) in [5.41, 5.74) is 1.40. The van der Waals surface area contributed by atoms with Crippen molar-refractivity contribution in [1.82, 2.24) is 9.80 Å². The Morgan fingerprint density at radius 2 is 1.80 bits per heavy atom. The highest BCUT2D eigenvalue weighted by Crippen LogP contribution is 2.24. The molecule has 0 aliphatic carbocycles. The van der Waals surface area contributed by atoms with Crippen molar-refractivity contribution in [3.8, 4) is 5.75 Å². The van der Waals surface area contributed by atoms with E-state index in [4.69, 9.17) is 16.3 Å². The SMILES string of the molecule is CC(=O)c1cc(Cl)ccc1OCC(=O)N1C[C@@H](C)N(Cc2ccc(F)cc2)C[C@@H]1C. The Labute approximate surface area is 181 Å². The summed E-state index contributed by atoms with van der Waals surface area (Å²) in [5.74, 6) is -0.184. The summed E-state index contributed by atoms with van der Waals surface area (Å²) in [6, 6.07) is 11.5. The van der Waals surface area contributed by atoms with Gasteiger partial charge in [0.2, 0.25) is 0 Å². The summed E-state index contributed by atoms with van der Waals surface area (Å²) in [5, 5.41) is 0.443. The quantitative estimate of drug-likeness (QED) is 0.642. The first kappa shape index (κ1) is 22.2. The minimum atomic E-state index is -0.246. The van der Waals surface area contributed by atoms with E-state index < -0.39 is 0 Å². The average Bonchev–Trinajstić information content (AvgIpc) is 2.70. The summed E-state index contributed by atoms with van der Waals surface area (Å²) >= 11 is 5.95.